The minimum absolute atomic E-state index is 0.245. The van der Waals surface area contributed by atoms with Crippen LogP contribution in [0.15, 0.2) is 42.5 Å². The fraction of sp³-hybridized carbons (Fsp3) is 0.375. The maximum absolute atomic E-state index is 13.1. The maximum Gasteiger partial charge on any atom is 0.278 e. The minimum atomic E-state index is 0.245. The molecule has 7 heteroatoms. The van der Waals surface area contributed by atoms with Crippen molar-refractivity contribution in [1.29, 1.82) is 0 Å². The van der Waals surface area contributed by atoms with E-state index in [1.807, 2.05) is 29.2 Å². The van der Waals surface area contributed by atoms with Crippen molar-refractivity contribution in [3.05, 3.63) is 58.7 Å². The van der Waals surface area contributed by atoms with Gasteiger partial charge >= 0.3 is 0 Å². The van der Waals surface area contributed by atoms with E-state index in [1.165, 1.54) is 16.2 Å². The van der Waals surface area contributed by atoms with Crippen LogP contribution in [-0.4, -0.2) is 62.2 Å². The Kier molecular flexibility index (Phi) is 5.50. The van der Waals surface area contributed by atoms with Crippen molar-refractivity contribution < 1.29 is 14.4 Å². The second kappa shape index (κ2) is 8.44. The van der Waals surface area contributed by atoms with E-state index >= 15 is 0 Å². The first kappa shape index (κ1) is 20.2. The Morgan fingerprint density at radius 3 is 2.77 bits per heavy atom. The molecule has 0 unspecified atom stereocenters. The van der Waals surface area contributed by atoms with Crippen molar-refractivity contribution in [2.24, 2.45) is 0 Å². The number of nitrogens with zero attached hydrogens (tertiary/aromatic N) is 2. The van der Waals surface area contributed by atoms with E-state index in [9.17, 15) is 4.79 Å². The van der Waals surface area contributed by atoms with Crippen molar-refractivity contribution in [1.82, 2.24) is 9.88 Å². The Morgan fingerprint density at radius 1 is 1.16 bits per heavy atom. The number of hydrogen-bond acceptors (Lipinski definition) is 3. The summed E-state index contributed by atoms with van der Waals surface area (Å²) in [7, 11) is 1.69. The summed E-state index contributed by atoms with van der Waals surface area (Å²) in [5.74, 6) is 1.09. The first-order chi connectivity index (χ1) is 15.1. The number of nitrogens with one attached hydrogen (secondary N) is 2. The van der Waals surface area contributed by atoms with Crippen LogP contribution in [0.1, 0.15) is 11.3 Å². The van der Waals surface area contributed by atoms with Crippen LogP contribution in [0.25, 0.3) is 10.9 Å². The summed E-state index contributed by atoms with van der Waals surface area (Å²) in [5.41, 5.74) is 4.75. The molecule has 0 saturated carbocycles. The van der Waals surface area contributed by atoms with E-state index in [0.717, 1.165) is 66.5 Å². The third-order valence-electron chi connectivity index (χ3n) is 6.58. The number of benzene rings is 2. The SMILES string of the molecule is COc1ccc2[nH]c3c(c2c1)CN(C(=O)C[NH+]1CCN(c2cccc(Cl)c2)CC1)CC3. The highest BCUT2D eigenvalue weighted by atomic mass is 35.5. The maximum atomic E-state index is 13.1. The molecule has 1 fully saturated rings. The largest absolute Gasteiger partial charge is 0.497 e. The van der Waals surface area contributed by atoms with E-state index < -0.39 is 0 Å². The predicted octanol–water partition coefficient (Wildman–Crippen LogP) is 2.12. The smallest absolute Gasteiger partial charge is 0.278 e. The molecule has 1 aromatic heterocycles. The van der Waals surface area contributed by atoms with Crippen molar-refractivity contribution in [3.8, 4) is 5.75 Å². The number of fused-ring (bicyclic) bond motifs is 3. The third kappa shape index (κ3) is 4.10. The molecule has 5 rings (SSSR count). The predicted molar refractivity (Wildman–Crippen MR) is 123 cm³/mol. The number of halogens is 1. The summed E-state index contributed by atoms with van der Waals surface area (Å²) in [6, 6.07) is 14.1. The van der Waals surface area contributed by atoms with Crippen LogP contribution in [-0.2, 0) is 17.8 Å². The summed E-state index contributed by atoms with van der Waals surface area (Å²) in [4.78, 5) is 22.3. The molecule has 6 nitrogen and oxygen atoms in total. The molecule has 0 radical (unpaired) electrons. The van der Waals surface area contributed by atoms with Gasteiger partial charge in [-0.1, -0.05) is 17.7 Å². The molecule has 0 spiro atoms. The average molecular weight is 440 g/mol. The summed E-state index contributed by atoms with van der Waals surface area (Å²) in [6.45, 7) is 5.80. The molecule has 0 bridgehead atoms. The Morgan fingerprint density at radius 2 is 2.00 bits per heavy atom. The Hall–Kier alpha value is -2.70. The molecular weight excluding hydrogens is 412 g/mol. The number of methoxy groups -OCH3 is 1. The third-order valence-corrected chi connectivity index (χ3v) is 6.82. The second-order valence-corrected chi connectivity index (χ2v) is 8.89. The number of rotatable bonds is 4. The van der Waals surface area contributed by atoms with Gasteiger partial charge in [-0.15, -0.1) is 0 Å². The van der Waals surface area contributed by atoms with Crippen LogP contribution in [0.2, 0.25) is 5.02 Å². The number of carbonyl (C=O) groups is 1. The number of ether oxygens (including phenoxy) is 1. The quantitative estimate of drug-likeness (QED) is 0.654. The number of carbonyl (C=O) groups excluding carboxylic acids is 1. The van der Waals surface area contributed by atoms with Gasteiger partial charge in [-0.25, -0.2) is 0 Å². The zero-order valence-corrected chi connectivity index (χ0v) is 18.5. The molecule has 1 saturated heterocycles. The molecule has 3 heterocycles. The number of hydrogen-bond donors (Lipinski definition) is 2. The van der Waals surface area contributed by atoms with Gasteiger partial charge in [-0.05, 0) is 36.4 Å². The van der Waals surface area contributed by atoms with E-state index in [1.54, 1.807) is 7.11 Å². The highest BCUT2D eigenvalue weighted by Crippen LogP contribution is 2.30. The lowest BCUT2D eigenvalue weighted by molar-refractivity contribution is -0.892. The summed E-state index contributed by atoms with van der Waals surface area (Å²) in [5, 5.41) is 1.93. The standard InChI is InChI=1S/C24H27ClN4O2/c1-31-19-5-6-22-20(14-19)21-15-29(8-7-23(21)26-22)24(30)16-27-9-11-28(12-10-27)18-4-2-3-17(25)13-18/h2-6,13-14,26H,7-12,15-16H2,1H3/p+1. The number of amides is 1. The van der Waals surface area contributed by atoms with Crippen molar-refractivity contribution >= 4 is 34.1 Å². The number of aromatic amines is 1. The molecule has 1 amide bonds. The first-order valence-electron chi connectivity index (χ1n) is 10.9. The van der Waals surface area contributed by atoms with Crippen LogP contribution in [0.3, 0.4) is 0 Å². The Bertz CT molecular complexity index is 1100. The monoisotopic (exact) mass is 439 g/mol. The van der Waals surface area contributed by atoms with Gasteiger partial charge in [0.25, 0.3) is 5.91 Å². The van der Waals surface area contributed by atoms with Crippen LogP contribution in [0.4, 0.5) is 5.69 Å². The summed E-state index contributed by atoms with van der Waals surface area (Å²) < 4.78 is 5.40. The Balaban J connectivity index is 1.21. The van der Waals surface area contributed by atoms with E-state index in [0.29, 0.717) is 13.1 Å². The van der Waals surface area contributed by atoms with Gasteiger partial charge in [0.2, 0.25) is 0 Å². The normalized spacial score (nSPS) is 17.1. The second-order valence-electron chi connectivity index (χ2n) is 8.45. The molecule has 162 valence electrons. The van der Waals surface area contributed by atoms with Gasteiger partial charge in [0.05, 0.1) is 33.3 Å². The number of anilines is 1. The van der Waals surface area contributed by atoms with Crippen molar-refractivity contribution in [3.63, 3.8) is 0 Å². The number of H-pyrrole nitrogens is 1. The molecule has 2 aromatic carbocycles. The van der Waals surface area contributed by atoms with E-state index in [-0.39, 0.29) is 5.91 Å². The van der Waals surface area contributed by atoms with Gasteiger partial charge in [0.15, 0.2) is 6.54 Å². The molecule has 2 N–H and O–H groups in total. The lowest BCUT2D eigenvalue weighted by Gasteiger charge is -2.35. The van der Waals surface area contributed by atoms with Gasteiger partial charge in [0.1, 0.15) is 5.75 Å². The van der Waals surface area contributed by atoms with Gasteiger partial charge < -0.3 is 24.4 Å². The molecule has 2 aliphatic rings. The minimum Gasteiger partial charge on any atom is -0.497 e. The number of piperazine rings is 1. The van der Waals surface area contributed by atoms with E-state index in [4.69, 9.17) is 16.3 Å². The molecule has 3 aromatic rings. The summed E-state index contributed by atoms with van der Waals surface area (Å²) in [6.07, 6.45) is 0.871. The Labute approximate surface area is 187 Å². The number of aromatic nitrogens is 1. The van der Waals surface area contributed by atoms with Crippen LogP contribution >= 0.6 is 11.6 Å². The summed E-state index contributed by atoms with van der Waals surface area (Å²) >= 11 is 6.14. The van der Waals surface area contributed by atoms with E-state index in [2.05, 4.69) is 28.1 Å². The van der Waals surface area contributed by atoms with Gasteiger partial charge in [-0.2, -0.15) is 0 Å². The van der Waals surface area contributed by atoms with Crippen molar-refractivity contribution in [2.45, 2.75) is 13.0 Å². The van der Waals surface area contributed by atoms with Gasteiger partial charge in [-0.3, -0.25) is 4.79 Å². The average Bonchev–Trinajstić information content (AvgIpc) is 3.16. The van der Waals surface area contributed by atoms with Gasteiger partial charge in [0, 0.05) is 52.4 Å². The van der Waals surface area contributed by atoms with Crippen molar-refractivity contribution in [2.75, 3.05) is 51.3 Å². The highest BCUT2D eigenvalue weighted by Gasteiger charge is 2.28. The number of quaternary nitrogens is 1. The lowest BCUT2D eigenvalue weighted by atomic mass is 10.0. The van der Waals surface area contributed by atoms with Crippen LogP contribution in [0, 0.1) is 0 Å². The molecule has 2 aliphatic heterocycles. The highest BCUT2D eigenvalue weighted by molar-refractivity contribution is 6.30. The van der Waals surface area contributed by atoms with Crippen LogP contribution < -0.4 is 14.5 Å². The fourth-order valence-corrected chi connectivity index (χ4v) is 4.97. The zero-order chi connectivity index (χ0) is 21.4. The molecular formula is C24H28ClN4O2+. The molecule has 0 atom stereocenters. The first-order valence-corrected chi connectivity index (χ1v) is 11.3. The molecule has 0 aliphatic carbocycles. The fourth-order valence-electron chi connectivity index (χ4n) is 4.79. The zero-order valence-electron chi connectivity index (χ0n) is 17.8. The topological polar surface area (TPSA) is 53.0 Å². The molecule has 31 heavy (non-hydrogen) atoms. The van der Waals surface area contributed by atoms with Crippen LogP contribution in [0.5, 0.6) is 5.75 Å². The lowest BCUT2D eigenvalue weighted by Crippen LogP contribution is -3.15.